The fourth-order valence-corrected chi connectivity index (χ4v) is 2.89. The number of hydrogen-bond donors (Lipinski definition) is 1. The van der Waals surface area contributed by atoms with Crippen LogP contribution in [0.15, 0.2) is 24.3 Å². The van der Waals surface area contributed by atoms with Crippen molar-refractivity contribution in [3.05, 3.63) is 29.8 Å². The van der Waals surface area contributed by atoms with E-state index >= 15 is 0 Å². The quantitative estimate of drug-likeness (QED) is 0.861. The maximum absolute atomic E-state index is 12.3. The second kappa shape index (κ2) is 5.83. The highest BCUT2D eigenvalue weighted by Crippen LogP contribution is 2.31. The van der Waals surface area contributed by atoms with Crippen LogP contribution in [0.25, 0.3) is 0 Å². The zero-order valence-electron chi connectivity index (χ0n) is 12.8. The molecule has 0 saturated carbocycles. The van der Waals surface area contributed by atoms with Crippen molar-refractivity contribution in [1.82, 2.24) is 4.90 Å². The van der Waals surface area contributed by atoms with Crippen molar-refractivity contribution >= 4 is 11.7 Å². The van der Waals surface area contributed by atoms with Crippen molar-refractivity contribution in [3.8, 4) is 0 Å². The number of rotatable bonds is 3. The largest absolute Gasteiger partial charge is 0.467 e. The molecule has 4 heteroatoms. The minimum atomic E-state index is -0.617. The minimum absolute atomic E-state index is 0.168. The molecule has 0 aliphatic carbocycles. The van der Waals surface area contributed by atoms with Crippen LogP contribution in [0.2, 0.25) is 0 Å². The highest BCUT2D eigenvalue weighted by atomic mass is 16.5. The molecule has 1 aromatic carbocycles. The van der Waals surface area contributed by atoms with E-state index in [-0.39, 0.29) is 5.97 Å². The summed E-state index contributed by atoms with van der Waals surface area (Å²) >= 11 is 0. The molecule has 4 nitrogen and oxygen atoms in total. The molecule has 2 atom stereocenters. The molecular weight excluding hydrogens is 252 g/mol. The van der Waals surface area contributed by atoms with E-state index in [0.717, 1.165) is 25.1 Å². The van der Waals surface area contributed by atoms with E-state index in [1.54, 1.807) is 0 Å². The van der Waals surface area contributed by atoms with Crippen LogP contribution in [0.3, 0.4) is 0 Å². The molecule has 1 aliphatic rings. The van der Waals surface area contributed by atoms with Gasteiger partial charge in [-0.1, -0.05) is 12.1 Å². The number of ether oxygens (including phenoxy) is 1. The van der Waals surface area contributed by atoms with E-state index in [4.69, 9.17) is 4.74 Å². The van der Waals surface area contributed by atoms with Gasteiger partial charge >= 0.3 is 5.97 Å². The summed E-state index contributed by atoms with van der Waals surface area (Å²) in [7, 11) is 3.56. The maximum atomic E-state index is 12.3. The molecule has 0 spiro atoms. The van der Waals surface area contributed by atoms with Crippen LogP contribution in [0.4, 0.5) is 5.69 Å². The predicted molar refractivity (Wildman–Crippen MR) is 80.9 cm³/mol. The van der Waals surface area contributed by atoms with Crippen LogP contribution in [0, 0.1) is 6.92 Å². The molecule has 1 aliphatic heterocycles. The lowest BCUT2D eigenvalue weighted by molar-refractivity contribution is -0.148. The lowest BCUT2D eigenvalue weighted by atomic mass is 9.83. The van der Waals surface area contributed by atoms with Crippen molar-refractivity contribution in [2.75, 3.05) is 26.0 Å². The highest BCUT2D eigenvalue weighted by Gasteiger charge is 2.44. The highest BCUT2D eigenvalue weighted by molar-refractivity contribution is 5.84. The average molecular weight is 276 g/mol. The van der Waals surface area contributed by atoms with Gasteiger partial charge in [-0.2, -0.15) is 0 Å². The minimum Gasteiger partial charge on any atom is -0.467 e. The van der Waals surface area contributed by atoms with Gasteiger partial charge in [0.1, 0.15) is 5.54 Å². The zero-order valence-corrected chi connectivity index (χ0v) is 12.8. The van der Waals surface area contributed by atoms with E-state index in [0.29, 0.717) is 6.04 Å². The van der Waals surface area contributed by atoms with Gasteiger partial charge in [-0.15, -0.1) is 0 Å². The lowest BCUT2D eigenvalue weighted by Crippen LogP contribution is -2.57. The third-order valence-electron chi connectivity index (χ3n) is 4.27. The zero-order chi connectivity index (χ0) is 14.8. The molecule has 2 rings (SSSR count). The van der Waals surface area contributed by atoms with Crippen LogP contribution in [0.5, 0.6) is 0 Å². The van der Waals surface area contributed by atoms with E-state index in [1.807, 2.05) is 25.1 Å². The van der Waals surface area contributed by atoms with Gasteiger partial charge in [-0.25, -0.2) is 4.79 Å². The molecule has 110 valence electrons. The Kier molecular flexibility index (Phi) is 4.33. The van der Waals surface area contributed by atoms with Gasteiger partial charge in [0.2, 0.25) is 0 Å². The Balaban J connectivity index is 2.26. The van der Waals surface area contributed by atoms with Crippen LogP contribution in [0.1, 0.15) is 25.3 Å². The standard InChI is InChI=1S/C16H24N2O2/c1-12-6-5-7-14(10-12)17-16(15(19)20-4)8-9-18(3)13(2)11-16/h5-7,10,13,17H,8-9,11H2,1-4H3. The Bertz CT molecular complexity index is 489. The van der Waals surface area contributed by atoms with Crippen LogP contribution in [-0.2, 0) is 9.53 Å². The summed E-state index contributed by atoms with van der Waals surface area (Å²) in [6.07, 6.45) is 1.51. The van der Waals surface area contributed by atoms with Gasteiger partial charge in [0.05, 0.1) is 7.11 Å². The summed E-state index contributed by atoms with van der Waals surface area (Å²) in [5.74, 6) is -0.168. The molecule has 1 N–H and O–H groups in total. The normalized spacial score (nSPS) is 27.1. The first-order valence-corrected chi connectivity index (χ1v) is 7.10. The smallest absolute Gasteiger partial charge is 0.331 e. The number of aryl methyl sites for hydroxylation is 1. The van der Waals surface area contributed by atoms with Crippen molar-refractivity contribution < 1.29 is 9.53 Å². The molecule has 1 heterocycles. The number of esters is 1. The van der Waals surface area contributed by atoms with Crippen LogP contribution < -0.4 is 5.32 Å². The number of benzene rings is 1. The number of methoxy groups -OCH3 is 1. The number of carbonyl (C=O) groups is 1. The van der Waals surface area contributed by atoms with Gasteiger partial charge < -0.3 is 15.0 Å². The molecule has 1 aromatic rings. The molecule has 0 radical (unpaired) electrons. The van der Waals surface area contributed by atoms with Crippen molar-refractivity contribution in [2.24, 2.45) is 0 Å². The third kappa shape index (κ3) is 2.96. The fourth-order valence-electron chi connectivity index (χ4n) is 2.89. The maximum Gasteiger partial charge on any atom is 0.331 e. The van der Waals surface area contributed by atoms with E-state index < -0.39 is 5.54 Å². The molecule has 0 amide bonds. The monoisotopic (exact) mass is 276 g/mol. The second-order valence-corrected chi connectivity index (χ2v) is 5.85. The van der Waals surface area contributed by atoms with E-state index in [9.17, 15) is 4.79 Å². The molecule has 20 heavy (non-hydrogen) atoms. The first-order chi connectivity index (χ1) is 9.47. The molecular formula is C16H24N2O2. The number of hydrogen-bond acceptors (Lipinski definition) is 4. The van der Waals surface area contributed by atoms with Gasteiger partial charge in [0.15, 0.2) is 0 Å². The number of nitrogens with zero attached hydrogens (tertiary/aromatic N) is 1. The Hall–Kier alpha value is -1.55. The first kappa shape index (κ1) is 14.9. The van der Waals surface area contributed by atoms with E-state index in [1.165, 1.54) is 12.7 Å². The Morgan fingerprint density at radius 1 is 1.50 bits per heavy atom. The van der Waals surface area contributed by atoms with Crippen molar-refractivity contribution in [1.29, 1.82) is 0 Å². The number of likely N-dealkylation sites (tertiary alicyclic amines) is 1. The number of nitrogens with one attached hydrogen (secondary N) is 1. The van der Waals surface area contributed by atoms with Crippen molar-refractivity contribution in [3.63, 3.8) is 0 Å². The van der Waals surface area contributed by atoms with Crippen LogP contribution >= 0.6 is 0 Å². The molecule has 0 aromatic heterocycles. The van der Waals surface area contributed by atoms with E-state index in [2.05, 4.69) is 30.3 Å². The Morgan fingerprint density at radius 3 is 2.85 bits per heavy atom. The summed E-state index contributed by atoms with van der Waals surface area (Å²) in [5, 5.41) is 3.44. The summed E-state index contributed by atoms with van der Waals surface area (Å²) in [4.78, 5) is 14.6. The number of anilines is 1. The van der Waals surface area contributed by atoms with Crippen molar-refractivity contribution in [2.45, 2.75) is 38.3 Å². The molecule has 0 bridgehead atoms. The first-order valence-electron chi connectivity index (χ1n) is 7.10. The van der Waals surface area contributed by atoms with Gasteiger partial charge in [0, 0.05) is 18.3 Å². The summed E-state index contributed by atoms with van der Waals surface area (Å²) in [5.41, 5.74) is 1.54. The lowest BCUT2D eigenvalue weighted by Gasteiger charge is -2.43. The topological polar surface area (TPSA) is 41.6 Å². The Morgan fingerprint density at radius 2 is 2.25 bits per heavy atom. The summed E-state index contributed by atoms with van der Waals surface area (Å²) in [6.45, 7) is 5.08. The molecule has 1 fully saturated rings. The molecule has 2 unspecified atom stereocenters. The van der Waals surface area contributed by atoms with Gasteiger partial charge in [0.25, 0.3) is 0 Å². The average Bonchev–Trinajstić information content (AvgIpc) is 2.42. The predicted octanol–water partition coefficient (Wildman–Crippen LogP) is 2.43. The van der Waals surface area contributed by atoms with Gasteiger partial charge in [-0.3, -0.25) is 0 Å². The summed E-state index contributed by atoms with van der Waals surface area (Å²) in [6, 6.07) is 8.46. The Labute approximate surface area is 121 Å². The molecule has 1 saturated heterocycles. The fraction of sp³-hybridized carbons (Fsp3) is 0.562. The summed E-state index contributed by atoms with van der Waals surface area (Å²) < 4.78 is 5.06. The van der Waals surface area contributed by atoms with Gasteiger partial charge in [-0.05, 0) is 51.4 Å². The third-order valence-corrected chi connectivity index (χ3v) is 4.27. The number of carbonyl (C=O) groups excluding carboxylic acids is 1. The second-order valence-electron chi connectivity index (χ2n) is 5.85. The SMILES string of the molecule is COC(=O)C1(Nc2cccc(C)c2)CCN(C)C(C)C1. The number of piperidine rings is 1. The van der Waals surface area contributed by atoms with Crippen LogP contribution in [-0.4, -0.2) is 43.2 Å².